The summed E-state index contributed by atoms with van der Waals surface area (Å²) in [5.41, 5.74) is 11.0. The molecule has 2 aromatic heterocycles. The van der Waals surface area contributed by atoms with Crippen LogP contribution in [0.2, 0.25) is 0 Å². The maximum atomic E-state index is 11.7. The van der Waals surface area contributed by atoms with Gasteiger partial charge in [-0.3, -0.25) is 9.80 Å². The summed E-state index contributed by atoms with van der Waals surface area (Å²) in [7, 11) is 3.70. The number of nitrogens with one attached hydrogen (secondary N) is 3. The topological polar surface area (TPSA) is 124 Å². The van der Waals surface area contributed by atoms with E-state index in [4.69, 9.17) is 11.1 Å². The number of rotatable bonds is 8. The third kappa shape index (κ3) is 4.14. The zero-order chi connectivity index (χ0) is 22.0. The zero-order valence-electron chi connectivity index (χ0n) is 17.0. The van der Waals surface area contributed by atoms with Gasteiger partial charge in [-0.15, -0.1) is 11.3 Å². The van der Waals surface area contributed by atoms with Crippen molar-refractivity contribution in [2.75, 3.05) is 16.5 Å². The van der Waals surface area contributed by atoms with Gasteiger partial charge in [0.2, 0.25) is 0 Å². The third-order valence-corrected chi connectivity index (χ3v) is 6.56. The molecule has 5 N–H and O–H groups in total. The number of thiazole rings is 1. The molecule has 0 unspecified atom stereocenters. The van der Waals surface area contributed by atoms with Crippen LogP contribution in [0.4, 0.5) is 11.4 Å². The van der Waals surface area contributed by atoms with Crippen LogP contribution in [0.25, 0.3) is 10.3 Å². The summed E-state index contributed by atoms with van der Waals surface area (Å²) in [6.07, 6.45) is 5.82. The molecule has 1 aliphatic rings. The van der Waals surface area contributed by atoms with Crippen molar-refractivity contribution in [2.45, 2.75) is 13.0 Å². The first-order chi connectivity index (χ1) is 15.0. The number of para-hydroxylation sites is 1. The van der Waals surface area contributed by atoms with Gasteiger partial charge in [0, 0.05) is 31.8 Å². The standard InChI is InChI=1S/C20H22N8OS2/c1-27(10-12-4-3-5-15-18(12)26-31-25-15)23-9-14-16(11-29)28(2)20-19(14)30-17(24-20)8-13(22)6-7-21/h3-7,9,11,22,25-26H,8,10,21H2,1-2H3/b7-6-,22-13?,23-9-. The number of anilines is 2. The van der Waals surface area contributed by atoms with Crippen molar-refractivity contribution < 1.29 is 4.79 Å². The van der Waals surface area contributed by atoms with Crippen LogP contribution in [-0.4, -0.2) is 39.8 Å². The van der Waals surface area contributed by atoms with Gasteiger partial charge < -0.3 is 25.2 Å². The first-order valence-corrected chi connectivity index (χ1v) is 11.1. The molecule has 3 aromatic rings. The molecule has 0 atom stereocenters. The lowest BCUT2D eigenvalue weighted by atomic mass is 10.1. The van der Waals surface area contributed by atoms with Crippen molar-refractivity contribution in [3.63, 3.8) is 0 Å². The largest absolute Gasteiger partial charge is 0.405 e. The molecule has 1 aromatic carbocycles. The summed E-state index contributed by atoms with van der Waals surface area (Å²) in [6.45, 7) is 0.609. The molecule has 0 fully saturated rings. The molecule has 4 rings (SSSR count). The Hall–Kier alpha value is -3.31. The fourth-order valence-corrected chi connectivity index (χ4v) is 5.17. The molecule has 0 aliphatic carbocycles. The highest BCUT2D eigenvalue weighted by Crippen LogP contribution is 2.36. The van der Waals surface area contributed by atoms with Gasteiger partial charge in [-0.05, 0) is 23.9 Å². The van der Waals surface area contributed by atoms with Crippen LogP contribution in [0.15, 0.2) is 35.6 Å². The maximum Gasteiger partial charge on any atom is 0.167 e. The van der Waals surface area contributed by atoms with Gasteiger partial charge in [0.05, 0.1) is 46.7 Å². The number of carbonyl (C=O) groups is 1. The molecule has 0 saturated heterocycles. The molecule has 11 heteroatoms. The molecule has 31 heavy (non-hydrogen) atoms. The van der Waals surface area contributed by atoms with E-state index >= 15 is 0 Å². The molecule has 160 valence electrons. The van der Waals surface area contributed by atoms with Gasteiger partial charge in [0.1, 0.15) is 5.01 Å². The van der Waals surface area contributed by atoms with Crippen LogP contribution >= 0.6 is 23.5 Å². The van der Waals surface area contributed by atoms with Crippen molar-refractivity contribution in [2.24, 2.45) is 17.9 Å². The first kappa shape index (κ1) is 20.9. The van der Waals surface area contributed by atoms with Gasteiger partial charge in [0.25, 0.3) is 0 Å². The highest BCUT2D eigenvalue weighted by Gasteiger charge is 2.19. The van der Waals surface area contributed by atoms with Crippen molar-refractivity contribution in [3.05, 3.63) is 52.3 Å². The van der Waals surface area contributed by atoms with E-state index in [1.165, 1.54) is 29.7 Å². The summed E-state index contributed by atoms with van der Waals surface area (Å²) in [5.74, 6) is 0. The molecule has 9 nitrogen and oxygen atoms in total. The number of carbonyl (C=O) groups excluding carboxylic acids is 1. The number of aromatic nitrogens is 2. The Balaban J connectivity index is 1.60. The Morgan fingerprint density at radius 1 is 1.42 bits per heavy atom. The van der Waals surface area contributed by atoms with E-state index in [1.54, 1.807) is 16.9 Å². The number of aldehydes is 1. The predicted octanol–water partition coefficient (Wildman–Crippen LogP) is 3.35. The molecule has 3 heterocycles. The van der Waals surface area contributed by atoms with Crippen molar-refractivity contribution >= 4 is 63.4 Å². The van der Waals surface area contributed by atoms with Crippen LogP contribution < -0.4 is 15.2 Å². The SMILES string of the molecule is CN(Cc1cccc2c1NSN2)/N=C\c1c(C=O)n(C)c2nc(CC(=N)/C=C\N)sc12. The lowest BCUT2D eigenvalue weighted by Crippen LogP contribution is -2.12. The molecule has 0 spiro atoms. The van der Waals surface area contributed by atoms with Crippen molar-refractivity contribution in [3.8, 4) is 0 Å². The number of benzene rings is 1. The molecular formula is C20H22N8OS2. The Morgan fingerprint density at radius 2 is 2.26 bits per heavy atom. The highest BCUT2D eigenvalue weighted by atomic mass is 32.2. The number of allylic oxidation sites excluding steroid dienone is 1. The van der Waals surface area contributed by atoms with Crippen LogP contribution in [-0.2, 0) is 20.0 Å². The number of aryl methyl sites for hydroxylation is 1. The summed E-state index contributed by atoms with van der Waals surface area (Å²) >= 11 is 2.91. The lowest BCUT2D eigenvalue weighted by Gasteiger charge is -2.15. The predicted molar refractivity (Wildman–Crippen MR) is 129 cm³/mol. The van der Waals surface area contributed by atoms with Gasteiger partial charge in [-0.1, -0.05) is 12.1 Å². The molecule has 0 amide bonds. The first-order valence-electron chi connectivity index (χ1n) is 9.45. The van der Waals surface area contributed by atoms with E-state index < -0.39 is 0 Å². The number of fused-ring (bicyclic) bond motifs is 2. The van der Waals surface area contributed by atoms with E-state index in [2.05, 4.69) is 25.6 Å². The van der Waals surface area contributed by atoms with Gasteiger partial charge in [0.15, 0.2) is 11.9 Å². The average Bonchev–Trinajstić information content (AvgIpc) is 3.43. The second-order valence-electron chi connectivity index (χ2n) is 7.00. The summed E-state index contributed by atoms with van der Waals surface area (Å²) in [6, 6.07) is 6.09. The number of nitrogens with zero attached hydrogens (tertiary/aromatic N) is 4. The fourth-order valence-electron chi connectivity index (χ4n) is 3.36. The highest BCUT2D eigenvalue weighted by molar-refractivity contribution is 8.02. The van der Waals surface area contributed by atoms with Gasteiger partial charge >= 0.3 is 0 Å². The Morgan fingerprint density at radius 3 is 3.03 bits per heavy atom. The maximum absolute atomic E-state index is 11.7. The minimum Gasteiger partial charge on any atom is -0.405 e. The molecular weight excluding hydrogens is 432 g/mol. The number of nitrogens with two attached hydrogens (primary N) is 1. The van der Waals surface area contributed by atoms with E-state index in [-0.39, 0.29) is 0 Å². The molecule has 0 bridgehead atoms. The van der Waals surface area contributed by atoms with Crippen molar-refractivity contribution in [1.29, 1.82) is 5.41 Å². The molecule has 0 radical (unpaired) electrons. The van der Waals surface area contributed by atoms with E-state index in [0.717, 1.165) is 38.5 Å². The monoisotopic (exact) mass is 454 g/mol. The summed E-state index contributed by atoms with van der Waals surface area (Å²) in [4.78, 5) is 16.3. The summed E-state index contributed by atoms with van der Waals surface area (Å²) in [5, 5.41) is 15.1. The van der Waals surface area contributed by atoms with Crippen LogP contribution in [0.3, 0.4) is 0 Å². The Kier molecular flexibility index (Phi) is 5.96. The van der Waals surface area contributed by atoms with Crippen LogP contribution in [0.1, 0.15) is 26.6 Å². The Labute approximate surface area is 187 Å². The van der Waals surface area contributed by atoms with Gasteiger partial charge in [-0.25, -0.2) is 4.98 Å². The minimum atomic E-state index is 0.378. The number of hydrogen-bond acceptors (Lipinski definition) is 10. The zero-order valence-corrected chi connectivity index (χ0v) is 18.7. The van der Waals surface area contributed by atoms with E-state index in [1.807, 2.05) is 31.2 Å². The van der Waals surface area contributed by atoms with Crippen LogP contribution in [0, 0.1) is 5.41 Å². The average molecular weight is 455 g/mol. The van der Waals surface area contributed by atoms with Crippen molar-refractivity contribution in [1.82, 2.24) is 14.6 Å². The van der Waals surface area contributed by atoms with E-state index in [0.29, 0.717) is 30.0 Å². The summed E-state index contributed by atoms with van der Waals surface area (Å²) < 4.78 is 9.12. The minimum absolute atomic E-state index is 0.378. The quantitative estimate of drug-likeness (QED) is 0.178. The second-order valence-corrected chi connectivity index (χ2v) is 8.70. The van der Waals surface area contributed by atoms with Crippen LogP contribution in [0.5, 0.6) is 0 Å². The molecule has 1 aliphatic heterocycles. The normalized spacial score (nSPS) is 13.0. The smallest absolute Gasteiger partial charge is 0.167 e. The number of hydrogen-bond donors (Lipinski definition) is 4. The lowest BCUT2D eigenvalue weighted by molar-refractivity contribution is 0.111. The number of hydrazone groups is 1. The fraction of sp³-hybridized carbons (Fsp3) is 0.200. The van der Waals surface area contributed by atoms with E-state index in [9.17, 15) is 4.79 Å². The Bertz CT molecular complexity index is 1210. The molecule has 0 saturated carbocycles. The second kappa shape index (κ2) is 8.82. The third-order valence-electron chi connectivity index (χ3n) is 4.85. The van der Waals surface area contributed by atoms with Gasteiger partial charge in [-0.2, -0.15) is 5.10 Å².